The van der Waals surface area contributed by atoms with Crippen LogP contribution in [-0.4, -0.2) is 62.1 Å². The number of methoxy groups -OCH3 is 1. The minimum Gasteiger partial charge on any atom is -0.497 e. The Balaban J connectivity index is 1.84. The number of aromatic nitrogens is 2. The van der Waals surface area contributed by atoms with Crippen molar-refractivity contribution in [1.29, 1.82) is 0 Å². The second-order valence-electron chi connectivity index (χ2n) is 6.46. The van der Waals surface area contributed by atoms with Gasteiger partial charge in [-0.2, -0.15) is 4.98 Å². The fraction of sp³-hybridized carbons (Fsp3) is 0.421. The van der Waals surface area contributed by atoms with Crippen molar-refractivity contribution in [2.45, 2.75) is 6.42 Å². The van der Waals surface area contributed by atoms with Crippen LogP contribution in [0.25, 0.3) is 11.3 Å². The third-order valence-corrected chi connectivity index (χ3v) is 5.34. The fourth-order valence-electron chi connectivity index (χ4n) is 3.49. The van der Waals surface area contributed by atoms with Crippen molar-refractivity contribution in [2.24, 2.45) is 0 Å². The molecule has 2 aliphatic rings. The van der Waals surface area contributed by atoms with E-state index in [1.54, 1.807) is 7.11 Å². The minimum atomic E-state index is 0.678. The summed E-state index contributed by atoms with van der Waals surface area (Å²) in [5.41, 5.74) is 3.10. The van der Waals surface area contributed by atoms with Crippen molar-refractivity contribution in [1.82, 2.24) is 15.3 Å². The lowest BCUT2D eigenvalue weighted by molar-refractivity contribution is 0.122. The Labute approximate surface area is 164 Å². The van der Waals surface area contributed by atoms with E-state index in [4.69, 9.17) is 31.7 Å². The second-order valence-corrected chi connectivity index (χ2v) is 6.85. The standard InChI is InChI=1S/C19H23N5O2S/c1-20-19(27)24-7-6-15-16(13-4-3-5-14(12-13)25-2)21-18(22-17(15)24)23-8-10-26-11-9-23/h3-5,12H,6-11H2,1-2H3,(H,20,27). The summed E-state index contributed by atoms with van der Waals surface area (Å²) in [4.78, 5) is 14.1. The first-order valence-corrected chi connectivity index (χ1v) is 9.49. The molecule has 0 amide bonds. The molecule has 0 atom stereocenters. The van der Waals surface area contributed by atoms with Crippen LogP contribution in [0.2, 0.25) is 0 Å². The van der Waals surface area contributed by atoms with Gasteiger partial charge in [0, 0.05) is 37.8 Å². The van der Waals surface area contributed by atoms with E-state index in [1.165, 1.54) is 0 Å². The summed E-state index contributed by atoms with van der Waals surface area (Å²) < 4.78 is 10.9. The average Bonchev–Trinajstić information content (AvgIpc) is 3.17. The quantitative estimate of drug-likeness (QED) is 0.804. The van der Waals surface area contributed by atoms with Crippen LogP contribution in [0.5, 0.6) is 5.75 Å². The highest BCUT2D eigenvalue weighted by Crippen LogP contribution is 2.36. The maximum absolute atomic E-state index is 5.49. The van der Waals surface area contributed by atoms with E-state index < -0.39 is 0 Å². The van der Waals surface area contributed by atoms with Crippen LogP contribution < -0.4 is 19.9 Å². The van der Waals surface area contributed by atoms with Crippen LogP contribution in [0.4, 0.5) is 11.8 Å². The summed E-state index contributed by atoms with van der Waals surface area (Å²) in [6.45, 7) is 3.74. The highest BCUT2D eigenvalue weighted by atomic mass is 32.1. The molecule has 4 rings (SSSR count). The van der Waals surface area contributed by atoms with Gasteiger partial charge in [-0.15, -0.1) is 0 Å². The highest BCUT2D eigenvalue weighted by Gasteiger charge is 2.29. The zero-order valence-corrected chi connectivity index (χ0v) is 16.4. The predicted molar refractivity (Wildman–Crippen MR) is 110 cm³/mol. The molecule has 8 heteroatoms. The van der Waals surface area contributed by atoms with Gasteiger partial charge in [0.25, 0.3) is 0 Å². The lowest BCUT2D eigenvalue weighted by atomic mass is 10.1. The first kappa shape index (κ1) is 17.9. The first-order valence-electron chi connectivity index (χ1n) is 9.08. The molecule has 2 aliphatic heterocycles. The van der Waals surface area contributed by atoms with E-state index in [0.717, 1.165) is 60.4 Å². The molecule has 0 unspecified atom stereocenters. The summed E-state index contributed by atoms with van der Waals surface area (Å²) in [6.07, 6.45) is 0.854. The molecule has 7 nitrogen and oxygen atoms in total. The third-order valence-electron chi connectivity index (χ3n) is 4.91. The zero-order valence-electron chi connectivity index (χ0n) is 15.6. The maximum Gasteiger partial charge on any atom is 0.228 e. The van der Waals surface area contributed by atoms with Gasteiger partial charge >= 0.3 is 0 Å². The number of anilines is 2. The van der Waals surface area contributed by atoms with Gasteiger partial charge in [-0.25, -0.2) is 4.98 Å². The van der Waals surface area contributed by atoms with Gasteiger partial charge in [-0.05, 0) is 30.8 Å². The van der Waals surface area contributed by atoms with Gasteiger partial charge in [0.1, 0.15) is 11.6 Å². The lowest BCUT2D eigenvalue weighted by Gasteiger charge is -2.28. The van der Waals surface area contributed by atoms with Gasteiger partial charge < -0.3 is 24.6 Å². The molecule has 0 spiro atoms. The first-order chi connectivity index (χ1) is 13.2. The topological polar surface area (TPSA) is 62.8 Å². The molecule has 0 saturated carbocycles. The zero-order chi connectivity index (χ0) is 18.8. The van der Waals surface area contributed by atoms with E-state index in [1.807, 2.05) is 25.2 Å². The number of ether oxygens (including phenoxy) is 2. The molecule has 1 aromatic heterocycles. The van der Waals surface area contributed by atoms with Gasteiger partial charge in [-0.3, -0.25) is 0 Å². The molecule has 1 fully saturated rings. The summed E-state index contributed by atoms with van der Waals surface area (Å²) in [7, 11) is 3.52. The summed E-state index contributed by atoms with van der Waals surface area (Å²) in [5.74, 6) is 2.43. The fourth-order valence-corrected chi connectivity index (χ4v) is 3.67. The largest absolute Gasteiger partial charge is 0.497 e. The molecular weight excluding hydrogens is 362 g/mol. The Bertz CT molecular complexity index is 854. The number of morpholine rings is 1. The molecule has 1 saturated heterocycles. The maximum atomic E-state index is 5.49. The normalized spacial score (nSPS) is 16.2. The number of benzene rings is 1. The molecule has 0 aliphatic carbocycles. The molecule has 0 radical (unpaired) electrons. The Morgan fingerprint density at radius 3 is 2.78 bits per heavy atom. The molecule has 1 N–H and O–H groups in total. The van der Waals surface area contributed by atoms with Crippen LogP contribution >= 0.6 is 12.2 Å². The number of fused-ring (bicyclic) bond motifs is 1. The van der Waals surface area contributed by atoms with Gasteiger partial charge in [0.05, 0.1) is 26.0 Å². The molecule has 0 bridgehead atoms. The summed E-state index contributed by atoms with van der Waals surface area (Å²) in [6, 6.07) is 8.01. The van der Waals surface area contributed by atoms with Gasteiger partial charge in [0.2, 0.25) is 5.95 Å². The molecule has 27 heavy (non-hydrogen) atoms. The van der Waals surface area contributed by atoms with Crippen LogP contribution in [0.3, 0.4) is 0 Å². The van der Waals surface area contributed by atoms with Gasteiger partial charge in [0.15, 0.2) is 5.11 Å². The van der Waals surface area contributed by atoms with Crippen molar-refractivity contribution in [3.63, 3.8) is 0 Å². The minimum absolute atomic E-state index is 0.678. The Hall–Kier alpha value is -2.45. The van der Waals surface area contributed by atoms with Crippen LogP contribution in [-0.2, 0) is 11.2 Å². The summed E-state index contributed by atoms with van der Waals surface area (Å²) in [5, 5.41) is 3.75. The Morgan fingerprint density at radius 2 is 2.04 bits per heavy atom. The summed E-state index contributed by atoms with van der Waals surface area (Å²) >= 11 is 5.49. The number of thiocarbonyl (C=S) groups is 1. The Morgan fingerprint density at radius 1 is 1.22 bits per heavy atom. The van der Waals surface area contributed by atoms with E-state index in [9.17, 15) is 0 Å². The van der Waals surface area contributed by atoms with Crippen molar-refractivity contribution in [2.75, 3.05) is 56.8 Å². The second kappa shape index (κ2) is 7.66. The Kier molecular flexibility index (Phi) is 5.09. The number of nitrogens with one attached hydrogen (secondary N) is 1. The van der Waals surface area contributed by atoms with E-state index in [2.05, 4.69) is 21.2 Å². The van der Waals surface area contributed by atoms with Crippen molar-refractivity contribution >= 4 is 29.1 Å². The molecule has 3 heterocycles. The molecule has 142 valence electrons. The van der Waals surface area contributed by atoms with Crippen LogP contribution in [0.15, 0.2) is 24.3 Å². The smallest absolute Gasteiger partial charge is 0.228 e. The number of hydrogen-bond acceptors (Lipinski definition) is 6. The molecular formula is C19H23N5O2S. The predicted octanol–water partition coefficient (Wildman–Crippen LogP) is 1.86. The molecule has 1 aromatic carbocycles. The van der Waals surface area contributed by atoms with Crippen molar-refractivity contribution < 1.29 is 9.47 Å². The lowest BCUT2D eigenvalue weighted by Crippen LogP contribution is -2.39. The highest BCUT2D eigenvalue weighted by molar-refractivity contribution is 7.80. The van der Waals surface area contributed by atoms with Crippen LogP contribution in [0, 0.1) is 0 Å². The van der Waals surface area contributed by atoms with E-state index in [0.29, 0.717) is 18.3 Å². The molecule has 2 aromatic rings. The van der Waals surface area contributed by atoms with E-state index >= 15 is 0 Å². The number of hydrogen-bond donors (Lipinski definition) is 1. The number of nitrogens with zero attached hydrogens (tertiary/aromatic N) is 4. The van der Waals surface area contributed by atoms with E-state index in [-0.39, 0.29) is 0 Å². The monoisotopic (exact) mass is 385 g/mol. The van der Waals surface area contributed by atoms with Crippen molar-refractivity contribution in [3.8, 4) is 17.0 Å². The number of rotatable bonds is 3. The van der Waals surface area contributed by atoms with Gasteiger partial charge in [-0.1, -0.05) is 12.1 Å². The van der Waals surface area contributed by atoms with Crippen molar-refractivity contribution in [3.05, 3.63) is 29.8 Å². The average molecular weight is 385 g/mol. The van der Waals surface area contributed by atoms with Crippen LogP contribution in [0.1, 0.15) is 5.56 Å². The third kappa shape index (κ3) is 3.42. The SMILES string of the molecule is CNC(=S)N1CCc2c(-c3cccc(OC)c3)nc(N3CCOCC3)nc21.